The molecule has 0 saturated carbocycles. The third-order valence-corrected chi connectivity index (χ3v) is 3.97. The van der Waals surface area contributed by atoms with Gasteiger partial charge in [0.05, 0.1) is 17.6 Å². The number of carbonyl (C=O) groups is 1. The minimum atomic E-state index is -0.204. The van der Waals surface area contributed by atoms with Gasteiger partial charge in [-0.2, -0.15) is 5.10 Å². The Balaban J connectivity index is 1.54. The number of hydrogen-bond donors (Lipinski definition) is 2. The summed E-state index contributed by atoms with van der Waals surface area (Å²) in [6.45, 7) is 0. The molecule has 4 aromatic rings. The average molecular weight is 341 g/mol. The molecule has 0 bridgehead atoms. The molecule has 3 heterocycles. The number of rotatable bonds is 4. The maximum Gasteiger partial charge on any atom is 0.255 e. The zero-order chi connectivity index (χ0) is 17.8. The summed E-state index contributed by atoms with van der Waals surface area (Å²) < 4.78 is 0. The summed E-state index contributed by atoms with van der Waals surface area (Å²) in [5.41, 5.74) is 4.63. The van der Waals surface area contributed by atoms with Gasteiger partial charge in [-0.15, -0.1) is 0 Å². The van der Waals surface area contributed by atoms with Gasteiger partial charge < -0.3 is 5.32 Å². The molecule has 0 radical (unpaired) electrons. The number of benzene rings is 1. The van der Waals surface area contributed by atoms with Crippen molar-refractivity contribution in [3.8, 4) is 22.5 Å². The summed E-state index contributed by atoms with van der Waals surface area (Å²) in [6, 6.07) is 16.9. The Morgan fingerprint density at radius 3 is 2.38 bits per heavy atom. The lowest BCUT2D eigenvalue weighted by molar-refractivity contribution is 0.102. The van der Waals surface area contributed by atoms with E-state index in [1.807, 2.05) is 42.5 Å². The van der Waals surface area contributed by atoms with Crippen LogP contribution in [0.15, 0.2) is 79.4 Å². The number of H-pyrrole nitrogens is 1. The molecule has 0 aliphatic carbocycles. The van der Waals surface area contributed by atoms with E-state index in [4.69, 9.17) is 0 Å². The molecule has 1 aromatic carbocycles. The Morgan fingerprint density at radius 2 is 1.65 bits per heavy atom. The summed E-state index contributed by atoms with van der Waals surface area (Å²) >= 11 is 0. The van der Waals surface area contributed by atoms with Crippen LogP contribution in [0.3, 0.4) is 0 Å². The summed E-state index contributed by atoms with van der Waals surface area (Å²) in [5.74, 6) is -0.204. The molecule has 1 amide bonds. The first kappa shape index (κ1) is 15.7. The topological polar surface area (TPSA) is 83.6 Å². The van der Waals surface area contributed by atoms with Gasteiger partial charge in [0.2, 0.25) is 0 Å². The third-order valence-electron chi connectivity index (χ3n) is 3.97. The van der Waals surface area contributed by atoms with Crippen LogP contribution in [-0.2, 0) is 0 Å². The lowest BCUT2D eigenvalue weighted by Gasteiger charge is -2.07. The smallest absolute Gasteiger partial charge is 0.255 e. The maximum absolute atomic E-state index is 12.6. The molecule has 0 unspecified atom stereocenters. The normalized spacial score (nSPS) is 10.5. The zero-order valence-electron chi connectivity index (χ0n) is 13.8. The fourth-order valence-electron chi connectivity index (χ4n) is 2.64. The van der Waals surface area contributed by atoms with Crippen molar-refractivity contribution in [2.75, 3.05) is 5.32 Å². The minimum absolute atomic E-state index is 0.204. The van der Waals surface area contributed by atoms with E-state index in [9.17, 15) is 4.79 Å². The van der Waals surface area contributed by atoms with Gasteiger partial charge >= 0.3 is 0 Å². The Bertz CT molecular complexity index is 1010. The van der Waals surface area contributed by atoms with Gasteiger partial charge in [-0.3, -0.25) is 19.9 Å². The van der Waals surface area contributed by atoms with Crippen LogP contribution >= 0.6 is 0 Å². The monoisotopic (exact) mass is 341 g/mol. The number of anilines is 1. The van der Waals surface area contributed by atoms with Crippen LogP contribution in [0.5, 0.6) is 0 Å². The average Bonchev–Trinajstić information content (AvgIpc) is 3.17. The molecule has 0 fully saturated rings. The molecule has 4 rings (SSSR count). The molecule has 3 aromatic heterocycles. The second-order valence-electron chi connectivity index (χ2n) is 5.64. The second kappa shape index (κ2) is 6.98. The quantitative estimate of drug-likeness (QED) is 0.591. The van der Waals surface area contributed by atoms with Crippen molar-refractivity contribution in [3.05, 3.63) is 84.9 Å². The summed E-state index contributed by atoms with van der Waals surface area (Å²) in [7, 11) is 0. The van der Waals surface area contributed by atoms with Crippen molar-refractivity contribution in [2.24, 2.45) is 0 Å². The van der Waals surface area contributed by atoms with Crippen LogP contribution < -0.4 is 5.32 Å². The molecule has 6 heteroatoms. The molecule has 0 aliphatic rings. The van der Waals surface area contributed by atoms with Crippen molar-refractivity contribution in [1.82, 2.24) is 20.2 Å². The van der Waals surface area contributed by atoms with Gasteiger partial charge in [0.1, 0.15) is 5.69 Å². The molecule has 0 atom stereocenters. The standard InChI is InChI=1S/C20H15N5O/c26-20(16-6-4-14(5-7-16)15-8-11-21-12-9-15)24-18-13-23-25-19(18)17-3-1-2-10-22-17/h1-13H,(H,23,25)(H,24,26). The van der Waals surface area contributed by atoms with Crippen molar-refractivity contribution < 1.29 is 4.79 Å². The SMILES string of the molecule is O=C(Nc1cn[nH]c1-c1ccccn1)c1ccc(-c2ccncc2)cc1. The second-order valence-corrected chi connectivity index (χ2v) is 5.64. The number of nitrogens with one attached hydrogen (secondary N) is 2. The van der Waals surface area contributed by atoms with Crippen LogP contribution in [0.1, 0.15) is 10.4 Å². The van der Waals surface area contributed by atoms with E-state index in [2.05, 4.69) is 25.5 Å². The van der Waals surface area contributed by atoms with Gasteiger partial charge in [0.25, 0.3) is 5.91 Å². The summed E-state index contributed by atoms with van der Waals surface area (Å²) in [4.78, 5) is 20.9. The van der Waals surface area contributed by atoms with E-state index in [0.29, 0.717) is 22.6 Å². The van der Waals surface area contributed by atoms with E-state index in [1.54, 1.807) is 36.9 Å². The fourth-order valence-corrected chi connectivity index (χ4v) is 2.64. The summed E-state index contributed by atoms with van der Waals surface area (Å²) in [5, 5.41) is 9.77. The predicted molar refractivity (Wildman–Crippen MR) is 99.4 cm³/mol. The zero-order valence-corrected chi connectivity index (χ0v) is 13.8. The highest BCUT2D eigenvalue weighted by Gasteiger charge is 2.13. The maximum atomic E-state index is 12.6. The van der Waals surface area contributed by atoms with Crippen LogP contribution in [0, 0.1) is 0 Å². The predicted octanol–water partition coefficient (Wildman–Crippen LogP) is 3.79. The number of hydrogen-bond acceptors (Lipinski definition) is 4. The number of aromatic nitrogens is 4. The molecule has 2 N–H and O–H groups in total. The van der Waals surface area contributed by atoms with Crippen LogP contribution in [-0.4, -0.2) is 26.1 Å². The highest BCUT2D eigenvalue weighted by molar-refractivity contribution is 6.06. The van der Waals surface area contributed by atoms with Gasteiger partial charge in [0, 0.05) is 24.2 Å². The lowest BCUT2D eigenvalue weighted by atomic mass is 10.0. The number of aromatic amines is 1. The first-order chi connectivity index (χ1) is 12.8. The molecular weight excluding hydrogens is 326 g/mol. The Morgan fingerprint density at radius 1 is 0.885 bits per heavy atom. The van der Waals surface area contributed by atoms with Crippen LogP contribution in [0.25, 0.3) is 22.5 Å². The number of pyridine rings is 2. The Kier molecular flexibility index (Phi) is 4.22. The van der Waals surface area contributed by atoms with E-state index < -0.39 is 0 Å². The minimum Gasteiger partial charge on any atom is -0.319 e. The van der Waals surface area contributed by atoms with Crippen molar-refractivity contribution >= 4 is 11.6 Å². The van der Waals surface area contributed by atoms with E-state index in [-0.39, 0.29) is 5.91 Å². The number of nitrogens with zero attached hydrogens (tertiary/aromatic N) is 3. The molecule has 6 nitrogen and oxygen atoms in total. The first-order valence-corrected chi connectivity index (χ1v) is 8.08. The highest BCUT2D eigenvalue weighted by atomic mass is 16.1. The summed E-state index contributed by atoms with van der Waals surface area (Å²) in [6.07, 6.45) is 6.76. The van der Waals surface area contributed by atoms with Crippen LogP contribution in [0.2, 0.25) is 0 Å². The van der Waals surface area contributed by atoms with Crippen molar-refractivity contribution in [2.45, 2.75) is 0 Å². The Hall–Kier alpha value is -3.80. The molecular formula is C20H15N5O. The van der Waals surface area contributed by atoms with Gasteiger partial charge in [-0.25, -0.2) is 0 Å². The van der Waals surface area contributed by atoms with E-state index in [1.165, 1.54) is 0 Å². The Labute approximate surface area is 150 Å². The van der Waals surface area contributed by atoms with E-state index >= 15 is 0 Å². The van der Waals surface area contributed by atoms with Crippen molar-refractivity contribution in [1.29, 1.82) is 0 Å². The van der Waals surface area contributed by atoms with Gasteiger partial charge in [-0.05, 0) is 47.5 Å². The number of amides is 1. The van der Waals surface area contributed by atoms with Gasteiger partial charge in [-0.1, -0.05) is 18.2 Å². The van der Waals surface area contributed by atoms with Gasteiger partial charge in [0.15, 0.2) is 0 Å². The van der Waals surface area contributed by atoms with Crippen molar-refractivity contribution in [3.63, 3.8) is 0 Å². The van der Waals surface area contributed by atoms with Crippen LogP contribution in [0.4, 0.5) is 5.69 Å². The third kappa shape index (κ3) is 3.21. The largest absolute Gasteiger partial charge is 0.319 e. The molecule has 26 heavy (non-hydrogen) atoms. The fraction of sp³-hybridized carbons (Fsp3) is 0. The number of carbonyl (C=O) groups excluding carboxylic acids is 1. The van der Waals surface area contributed by atoms with E-state index in [0.717, 1.165) is 11.1 Å². The molecule has 0 saturated heterocycles. The molecule has 0 aliphatic heterocycles. The highest BCUT2D eigenvalue weighted by Crippen LogP contribution is 2.24. The first-order valence-electron chi connectivity index (χ1n) is 8.08. The molecule has 0 spiro atoms. The molecule has 126 valence electrons. The lowest BCUT2D eigenvalue weighted by Crippen LogP contribution is -2.12.